The molecule has 1 heterocycles. The molecule has 27 heavy (non-hydrogen) atoms. The monoisotopic (exact) mass is 371 g/mol. The van der Waals surface area contributed by atoms with Crippen LogP contribution in [0.25, 0.3) is 0 Å². The van der Waals surface area contributed by atoms with Gasteiger partial charge in [-0.05, 0) is 30.3 Å². The molecule has 0 unspecified atom stereocenters. The number of carbonyl (C=O) groups excluding carboxylic acids is 2. The third-order valence-electron chi connectivity index (χ3n) is 4.19. The van der Waals surface area contributed by atoms with Crippen molar-refractivity contribution in [3.8, 4) is 17.2 Å². The lowest BCUT2D eigenvalue weighted by Gasteiger charge is -2.21. The molecule has 0 aliphatic carbocycles. The number of fused-ring (bicyclic) bond motifs is 1. The van der Waals surface area contributed by atoms with E-state index in [0.29, 0.717) is 28.5 Å². The highest BCUT2D eigenvalue weighted by atomic mass is 16.5. The molecule has 0 N–H and O–H groups in total. The van der Waals surface area contributed by atoms with Gasteiger partial charge in [0, 0.05) is 5.56 Å². The molecular formula is C20H21NO6. The molecule has 1 aliphatic rings. The molecule has 1 amide bonds. The van der Waals surface area contributed by atoms with Crippen molar-refractivity contribution in [2.45, 2.75) is 13.0 Å². The summed E-state index contributed by atoms with van der Waals surface area (Å²) in [4.78, 5) is 26.1. The number of hydrogen-bond donors (Lipinski definition) is 0. The van der Waals surface area contributed by atoms with Gasteiger partial charge in [0.15, 0.2) is 0 Å². The second kappa shape index (κ2) is 8.44. The molecule has 0 aromatic heterocycles. The summed E-state index contributed by atoms with van der Waals surface area (Å²) >= 11 is 0. The van der Waals surface area contributed by atoms with Crippen LogP contribution in [0.5, 0.6) is 17.2 Å². The van der Waals surface area contributed by atoms with Crippen molar-refractivity contribution >= 4 is 17.6 Å². The van der Waals surface area contributed by atoms with Crippen molar-refractivity contribution in [3.05, 3.63) is 48.0 Å². The predicted molar refractivity (Wildman–Crippen MR) is 98.2 cm³/mol. The molecule has 0 radical (unpaired) electrons. The molecule has 2 aromatic carbocycles. The standard InChI is InChI=1S/C20H21NO6/c1-24-15-7-8-17(25-2)14(11-15)13-27-20(23)12-21-16-5-3-4-6-18(16)26-10-9-19(21)22/h3-8,11H,9-10,12-13H2,1-2H3. The Bertz CT molecular complexity index is 835. The van der Waals surface area contributed by atoms with Gasteiger partial charge in [-0.25, -0.2) is 0 Å². The Labute approximate surface area is 157 Å². The van der Waals surface area contributed by atoms with Crippen molar-refractivity contribution < 1.29 is 28.5 Å². The quantitative estimate of drug-likeness (QED) is 0.727. The summed E-state index contributed by atoms with van der Waals surface area (Å²) in [5.41, 5.74) is 1.24. The Balaban J connectivity index is 1.70. The smallest absolute Gasteiger partial charge is 0.326 e. The van der Waals surface area contributed by atoms with E-state index in [0.717, 1.165) is 0 Å². The fourth-order valence-corrected chi connectivity index (χ4v) is 2.82. The van der Waals surface area contributed by atoms with E-state index in [1.165, 1.54) is 4.90 Å². The summed E-state index contributed by atoms with van der Waals surface area (Å²) in [6.45, 7) is 0.104. The third kappa shape index (κ3) is 4.31. The second-order valence-electron chi connectivity index (χ2n) is 5.88. The number of hydrogen-bond acceptors (Lipinski definition) is 6. The molecule has 7 heteroatoms. The number of nitrogens with zero attached hydrogens (tertiary/aromatic N) is 1. The van der Waals surface area contributed by atoms with E-state index in [2.05, 4.69) is 0 Å². The number of anilines is 1. The molecule has 0 atom stereocenters. The zero-order chi connectivity index (χ0) is 19.2. The maximum Gasteiger partial charge on any atom is 0.326 e. The molecule has 0 saturated heterocycles. The lowest BCUT2D eigenvalue weighted by molar-refractivity contribution is -0.144. The normalized spacial score (nSPS) is 13.3. The molecule has 142 valence electrons. The Morgan fingerprint density at radius 3 is 2.74 bits per heavy atom. The molecule has 7 nitrogen and oxygen atoms in total. The van der Waals surface area contributed by atoms with E-state index in [1.54, 1.807) is 50.6 Å². The zero-order valence-electron chi connectivity index (χ0n) is 15.3. The first-order chi connectivity index (χ1) is 13.1. The molecular weight excluding hydrogens is 350 g/mol. The summed E-state index contributed by atoms with van der Waals surface area (Å²) in [5.74, 6) is 1.09. The Hall–Kier alpha value is -3.22. The van der Waals surface area contributed by atoms with Gasteiger partial charge >= 0.3 is 5.97 Å². The third-order valence-corrected chi connectivity index (χ3v) is 4.19. The summed E-state index contributed by atoms with van der Waals surface area (Å²) < 4.78 is 21.4. The topological polar surface area (TPSA) is 74.3 Å². The first-order valence-corrected chi connectivity index (χ1v) is 8.51. The van der Waals surface area contributed by atoms with Crippen LogP contribution in [0.4, 0.5) is 5.69 Å². The van der Waals surface area contributed by atoms with Crippen LogP contribution in [0.3, 0.4) is 0 Å². The van der Waals surface area contributed by atoms with E-state index in [9.17, 15) is 9.59 Å². The maximum atomic E-state index is 12.4. The lowest BCUT2D eigenvalue weighted by Crippen LogP contribution is -2.36. The Kier molecular flexibility index (Phi) is 5.80. The zero-order valence-corrected chi connectivity index (χ0v) is 15.3. The number of ether oxygens (including phenoxy) is 4. The van der Waals surface area contributed by atoms with Crippen LogP contribution >= 0.6 is 0 Å². The molecule has 0 spiro atoms. The summed E-state index contributed by atoms with van der Waals surface area (Å²) in [5, 5.41) is 0. The van der Waals surface area contributed by atoms with Crippen molar-refractivity contribution in [2.75, 3.05) is 32.3 Å². The average molecular weight is 371 g/mol. The van der Waals surface area contributed by atoms with Gasteiger partial charge in [0.1, 0.15) is 30.4 Å². The van der Waals surface area contributed by atoms with E-state index < -0.39 is 5.97 Å². The molecule has 0 saturated carbocycles. The van der Waals surface area contributed by atoms with Crippen LogP contribution in [-0.2, 0) is 20.9 Å². The number of carbonyl (C=O) groups is 2. The number of para-hydroxylation sites is 2. The first-order valence-electron chi connectivity index (χ1n) is 8.51. The highest BCUT2D eigenvalue weighted by molar-refractivity contribution is 5.99. The van der Waals surface area contributed by atoms with Crippen LogP contribution in [-0.4, -0.2) is 39.2 Å². The molecule has 0 fully saturated rings. The summed E-state index contributed by atoms with van der Waals surface area (Å²) in [6.07, 6.45) is 0.200. The van der Waals surface area contributed by atoms with Gasteiger partial charge in [-0.3, -0.25) is 14.5 Å². The fraction of sp³-hybridized carbons (Fsp3) is 0.300. The minimum Gasteiger partial charge on any atom is -0.497 e. The number of rotatable bonds is 6. The van der Waals surface area contributed by atoms with E-state index in [1.807, 2.05) is 6.07 Å². The van der Waals surface area contributed by atoms with Gasteiger partial charge in [-0.1, -0.05) is 12.1 Å². The highest BCUT2D eigenvalue weighted by Gasteiger charge is 2.25. The minimum atomic E-state index is -0.523. The van der Waals surface area contributed by atoms with Crippen LogP contribution in [0.15, 0.2) is 42.5 Å². The van der Waals surface area contributed by atoms with Crippen molar-refractivity contribution in [1.29, 1.82) is 0 Å². The Morgan fingerprint density at radius 1 is 1.15 bits per heavy atom. The van der Waals surface area contributed by atoms with E-state index in [4.69, 9.17) is 18.9 Å². The average Bonchev–Trinajstić information content (AvgIpc) is 2.85. The predicted octanol–water partition coefficient (Wildman–Crippen LogP) is 2.56. The molecule has 1 aliphatic heterocycles. The highest BCUT2D eigenvalue weighted by Crippen LogP contribution is 2.31. The maximum absolute atomic E-state index is 12.4. The van der Waals surface area contributed by atoms with Crippen molar-refractivity contribution in [1.82, 2.24) is 0 Å². The van der Waals surface area contributed by atoms with Crippen LogP contribution in [0.1, 0.15) is 12.0 Å². The number of benzene rings is 2. The van der Waals surface area contributed by atoms with Crippen molar-refractivity contribution in [3.63, 3.8) is 0 Å². The molecule has 3 rings (SSSR count). The van der Waals surface area contributed by atoms with E-state index >= 15 is 0 Å². The van der Waals surface area contributed by atoms with Gasteiger partial charge in [0.05, 0.1) is 32.9 Å². The number of methoxy groups -OCH3 is 2. The molecule has 2 aromatic rings. The number of amides is 1. The van der Waals surface area contributed by atoms with E-state index in [-0.39, 0.29) is 32.1 Å². The number of esters is 1. The van der Waals surface area contributed by atoms with Gasteiger partial charge in [-0.2, -0.15) is 0 Å². The lowest BCUT2D eigenvalue weighted by atomic mass is 10.2. The van der Waals surface area contributed by atoms with Gasteiger partial charge in [0.2, 0.25) is 5.91 Å². The fourth-order valence-electron chi connectivity index (χ4n) is 2.82. The summed E-state index contributed by atoms with van der Waals surface area (Å²) in [7, 11) is 3.10. The van der Waals surface area contributed by atoms with Crippen LogP contribution in [0, 0.1) is 0 Å². The largest absolute Gasteiger partial charge is 0.497 e. The van der Waals surface area contributed by atoms with Gasteiger partial charge in [-0.15, -0.1) is 0 Å². The second-order valence-corrected chi connectivity index (χ2v) is 5.88. The van der Waals surface area contributed by atoms with Crippen LogP contribution in [0.2, 0.25) is 0 Å². The van der Waals surface area contributed by atoms with Crippen LogP contribution < -0.4 is 19.1 Å². The molecule has 0 bridgehead atoms. The first kappa shape index (κ1) is 18.6. The SMILES string of the molecule is COc1ccc(OC)c(COC(=O)CN2C(=O)CCOc3ccccc32)c1. The van der Waals surface area contributed by atoms with Gasteiger partial charge in [0.25, 0.3) is 0 Å². The Morgan fingerprint density at radius 2 is 1.96 bits per heavy atom. The van der Waals surface area contributed by atoms with Crippen molar-refractivity contribution in [2.24, 2.45) is 0 Å². The summed E-state index contributed by atoms with van der Waals surface area (Å²) in [6, 6.07) is 12.4. The van der Waals surface area contributed by atoms with Gasteiger partial charge < -0.3 is 18.9 Å². The minimum absolute atomic E-state index is 0.0133.